The predicted molar refractivity (Wildman–Crippen MR) is 123 cm³/mol. The molecule has 2 atom stereocenters. The second-order valence-electron chi connectivity index (χ2n) is 6.69. The Morgan fingerprint density at radius 1 is 1.29 bits per heavy atom. The van der Waals surface area contributed by atoms with Crippen LogP contribution in [0, 0.1) is 0 Å². The fraction of sp³-hybridized carbons (Fsp3) is 0.444. The van der Waals surface area contributed by atoms with Crippen molar-refractivity contribution in [3.8, 4) is 0 Å². The molecular formula is C18H26N8O7S. The zero-order chi connectivity index (χ0) is 25.8. The summed E-state index contributed by atoms with van der Waals surface area (Å²) in [5, 5.41) is 20.3. The lowest BCUT2D eigenvalue weighted by molar-refractivity contribution is -0.139. The number of aromatic amines is 1. The molecule has 8 N–H and O–H groups in total. The molecule has 2 unspecified atom stereocenters. The Labute approximate surface area is 198 Å². The number of nitrogen functional groups attached to an aromatic ring is 1. The Morgan fingerprint density at radius 2 is 1.94 bits per heavy atom. The zero-order valence-electron chi connectivity index (χ0n) is 18.2. The highest BCUT2D eigenvalue weighted by Crippen LogP contribution is 2.19. The van der Waals surface area contributed by atoms with Gasteiger partial charge in [-0.2, -0.15) is 22.6 Å². The lowest BCUT2D eigenvalue weighted by Crippen LogP contribution is -2.51. The number of hydrogen-bond donors (Lipinski definition) is 7. The second kappa shape index (κ2) is 13.7. The number of carboxylic acid groups (broad SMARTS) is 2. The molecule has 15 nitrogen and oxygen atoms in total. The molecule has 0 saturated carbocycles. The van der Waals surface area contributed by atoms with Gasteiger partial charge in [-0.15, -0.1) is 0 Å². The first-order chi connectivity index (χ1) is 16.0. The molecule has 34 heavy (non-hydrogen) atoms. The van der Waals surface area contributed by atoms with Gasteiger partial charge >= 0.3 is 11.9 Å². The first kappa shape index (κ1) is 28.2. The highest BCUT2D eigenvalue weighted by molar-refractivity contribution is 7.80. The van der Waals surface area contributed by atoms with Crippen molar-refractivity contribution in [3.05, 3.63) is 6.33 Å². The van der Waals surface area contributed by atoms with Crippen molar-refractivity contribution in [1.82, 2.24) is 25.3 Å². The number of thiol groups is 1. The maximum atomic E-state index is 12.9. The van der Waals surface area contributed by atoms with Gasteiger partial charge < -0.3 is 36.8 Å². The van der Waals surface area contributed by atoms with Crippen LogP contribution in [0.15, 0.2) is 6.33 Å². The molecule has 2 aromatic rings. The number of carbonyl (C=O) groups excluding carboxylic acids is 3. The molecule has 0 aliphatic carbocycles. The van der Waals surface area contributed by atoms with E-state index in [9.17, 15) is 29.1 Å². The number of aldehydes is 1. The zero-order valence-corrected chi connectivity index (χ0v) is 19.1. The quantitative estimate of drug-likeness (QED) is 0.139. The molecule has 2 amide bonds. The van der Waals surface area contributed by atoms with Crippen molar-refractivity contribution >= 4 is 65.6 Å². The Kier molecular flexibility index (Phi) is 11.4. The number of anilines is 2. The van der Waals surface area contributed by atoms with Crippen LogP contribution in [0.25, 0.3) is 11.2 Å². The molecule has 0 spiro atoms. The van der Waals surface area contributed by atoms with Gasteiger partial charge in [0.1, 0.15) is 30.4 Å². The van der Waals surface area contributed by atoms with Gasteiger partial charge in [-0.3, -0.25) is 24.1 Å². The number of H-pyrrole nitrogens is 1. The van der Waals surface area contributed by atoms with Crippen LogP contribution in [0.3, 0.4) is 0 Å². The SMILES string of the molecule is CCC=O.Nc1nc(N(CC(=O)O)C(=O)C(CS)NC(=O)CCC(N)C(=O)O)nc2nc[nH]c12. The van der Waals surface area contributed by atoms with Crippen LogP contribution in [-0.2, 0) is 24.0 Å². The van der Waals surface area contributed by atoms with Gasteiger partial charge in [-0.25, -0.2) is 4.98 Å². The summed E-state index contributed by atoms with van der Waals surface area (Å²) in [5.74, 6) is -4.66. The van der Waals surface area contributed by atoms with Crippen molar-refractivity contribution in [3.63, 3.8) is 0 Å². The van der Waals surface area contributed by atoms with Crippen molar-refractivity contribution in [2.24, 2.45) is 5.73 Å². The Bertz CT molecular complexity index is 1030. The van der Waals surface area contributed by atoms with Crippen LogP contribution >= 0.6 is 12.6 Å². The molecular weight excluding hydrogens is 472 g/mol. The number of nitrogens with zero attached hydrogens (tertiary/aromatic N) is 4. The summed E-state index contributed by atoms with van der Waals surface area (Å²) in [6.45, 7) is 1.01. The first-order valence-corrected chi connectivity index (χ1v) is 10.5. The minimum Gasteiger partial charge on any atom is -0.480 e. The van der Waals surface area contributed by atoms with E-state index in [1.807, 2.05) is 6.92 Å². The van der Waals surface area contributed by atoms with E-state index >= 15 is 0 Å². The van der Waals surface area contributed by atoms with Crippen molar-refractivity contribution in [2.45, 2.75) is 38.3 Å². The Morgan fingerprint density at radius 3 is 2.47 bits per heavy atom. The number of aliphatic carboxylic acids is 2. The molecule has 0 fully saturated rings. The molecule has 0 bridgehead atoms. The lowest BCUT2D eigenvalue weighted by Gasteiger charge is -2.24. The minimum atomic E-state index is -1.36. The summed E-state index contributed by atoms with van der Waals surface area (Å²) in [6.07, 6.45) is 2.41. The van der Waals surface area contributed by atoms with E-state index in [1.54, 1.807) is 0 Å². The smallest absolute Gasteiger partial charge is 0.323 e. The third kappa shape index (κ3) is 8.28. The highest BCUT2D eigenvalue weighted by Gasteiger charge is 2.30. The molecule has 0 radical (unpaired) electrons. The van der Waals surface area contributed by atoms with Crippen LogP contribution in [0.4, 0.5) is 11.8 Å². The average Bonchev–Trinajstić information content (AvgIpc) is 3.28. The van der Waals surface area contributed by atoms with Crippen LogP contribution in [0.2, 0.25) is 0 Å². The molecule has 0 aromatic carbocycles. The third-order valence-electron chi connectivity index (χ3n) is 4.08. The van der Waals surface area contributed by atoms with Crippen LogP contribution in [0.1, 0.15) is 26.2 Å². The van der Waals surface area contributed by atoms with Crippen molar-refractivity contribution < 1.29 is 34.2 Å². The topological polar surface area (TPSA) is 248 Å². The number of carbonyl (C=O) groups is 5. The third-order valence-corrected chi connectivity index (χ3v) is 4.45. The standard InChI is InChI=1S/C15H20N8O6S.C3H6O/c16-6(14(28)29)1-2-8(24)20-7(4-30)13(27)23(3-9(25)26)15-21-11(17)10-12(22-15)19-5-18-10;1-2-3-4/h5-7,30H,1-4,16H2,(H,20,24)(H,25,26)(H,28,29)(H3,17,18,19,21,22);3H,2H2,1H3. The first-order valence-electron chi connectivity index (χ1n) is 9.87. The monoisotopic (exact) mass is 498 g/mol. The molecule has 16 heteroatoms. The Balaban J connectivity index is 0.00000133. The number of aromatic nitrogens is 4. The van der Waals surface area contributed by atoms with Gasteiger partial charge in [0.05, 0.1) is 6.33 Å². The van der Waals surface area contributed by atoms with Crippen LogP contribution < -0.4 is 21.7 Å². The number of nitrogens with two attached hydrogens (primary N) is 2. The summed E-state index contributed by atoms with van der Waals surface area (Å²) in [6, 6.07) is -2.47. The van der Waals surface area contributed by atoms with E-state index in [4.69, 9.17) is 16.6 Å². The average molecular weight is 499 g/mol. The van der Waals surface area contributed by atoms with E-state index in [1.165, 1.54) is 6.33 Å². The number of nitrogens with one attached hydrogen (secondary N) is 2. The summed E-state index contributed by atoms with van der Waals surface area (Å²) in [4.78, 5) is 71.5. The van der Waals surface area contributed by atoms with E-state index in [2.05, 4.69) is 37.9 Å². The van der Waals surface area contributed by atoms with Gasteiger partial charge in [0, 0.05) is 18.6 Å². The highest BCUT2D eigenvalue weighted by atomic mass is 32.1. The molecule has 2 heterocycles. The summed E-state index contributed by atoms with van der Waals surface area (Å²) in [7, 11) is 0. The number of carboxylic acids is 2. The molecule has 2 rings (SSSR count). The van der Waals surface area contributed by atoms with Crippen molar-refractivity contribution in [1.29, 1.82) is 0 Å². The molecule has 2 aromatic heterocycles. The molecule has 0 aliphatic rings. The number of imidazole rings is 1. The fourth-order valence-corrected chi connectivity index (χ4v) is 2.64. The van der Waals surface area contributed by atoms with Gasteiger partial charge in [-0.1, -0.05) is 6.92 Å². The minimum absolute atomic E-state index is 0.0511. The van der Waals surface area contributed by atoms with Gasteiger partial charge in [0.2, 0.25) is 11.9 Å². The number of fused-ring (bicyclic) bond motifs is 1. The van der Waals surface area contributed by atoms with Crippen LogP contribution in [-0.4, -0.2) is 84.6 Å². The Hall–Kier alpha value is -3.79. The summed E-state index contributed by atoms with van der Waals surface area (Å²) < 4.78 is 0. The van der Waals surface area contributed by atoms with Crippen LogP contribution in [0.5, 0.6) is 0 Å². The van der Waals surface area contributed by atoms with E-state index in [-0.39, 0.29) is 36.0 Å². The number of hydrogen-bond acceptors (Lipinski definition) is 11. The number of rotatable bonds is 11. The normalized spacial score (nSPS) is 12.1. The fourth-order valence-electron chi connectivity index (χ4n) is 2.40. The van der Waals surface area contributed by atoms with E-state index < -0.39 is 42.4 Å². The van der Waals surface area contributed by atoms with E-state index in [0.717, 1.165) is 11.2 Å². The lowest BCUT2D eigenvalue weighted by atomic mass is 10.1. The largest absolute Gasteiger partial charge is 0.480 e. The maximum Gasteiger partial charge on any atom is 0.323 e. The van der Waals surface area contributed by atoms with Gasteiger partial charge in [-0.05, 0) is 6.42 Å². The van der Waals surface area contributed by atoms with E-state index in [0.29, 0.717) is 11.9 Å². The maximum absolute atomic E-state index is 12.9. The van der Waals surface area contributed by atoms with Gasteiger partial charge in [0.25, 0.3) is 5.91 Å². The summed E-state index contributed by atoms with van der Waals surface area (Å²) in [5.41, 5.74) is 11.6. The molecule has 186 valence electrons. The number of amides is 2. The predicted octanol–water partition coefficient (Wildman–Crippen LogP) is -1.45. The second-order valence-corrected chi connectivity index (χ2v) is 7.05. The molecule has 0 saturated heterocycles. The van der Waals surface area contributed by atoms with Crippen molar-refractivity contribution in [2.75, 3.05) is 22.9 Å². The summed E-state index contributed by atoms with van der Waals surface area (Å²) >= 11 is 4.03. The molecule has 0 aliphatic heterocycles. The van der Waals surface area contributed by atoms with Gasteiger partial charge in [0.15, 0.2) is 11.5 Å².